The third-order valence-corrected chi connectivity index (χ3v) is 6.04. The van der Waals surface area contributed by atoms with Gasteiger partial charge in [-0.2, -0.15) is 4.98 Å². The van der Waals surface area contributed by atoms with Crippen molar-refractivity contribution in [2.45, 2.75) is 57.5 Å². The molecule has 0 unspecified atom stereocenters. The van der Waals surface area contributed by atoms with Crippen LogP contribution in [0.3, 0.4) is 0 Å². The van der Waals surface area contributed by atoms with Gasteiger partial charge < -0.3 is 15.5 Å². The van der Waals surface area contributed by atoms with Gasteiger partial charge in [-0.05, 0) is 50.6 Å². The van der Waals surface area contributed by atoms with Crippen LogP contribution in [0.1, 0.15) is 45.4 Å². The summed E-state index contributed by atoms with van der Waals surface area (Å²) in [5.41, 5.74) is 0. The predicted molar refractivity (Wildman–Crippen MR) is 93.8 cm³/mol. The van der Waals surface area contributed by atoms with Crippen LogP contribution in [0, 0.1) is 11.8 Å². The maximum absolute atomic E-state index is 4.79. The molecule has 1 saturated carbocycles. The lowest BCUT2D eigenvalue weighted by Gasteiger charge is -2.28. The Morgan fingerprint density at radius 3 is 2.91 bits per heavy atom. The van der Waals surface area contributed by atoms with Crippen molar-refractivity contribution in [2.75, 3.05) is 29.9 Å². The van der Waals surface area contributed by atoms with Crippen molar-refractivity contribution in [3.8, 4) is 0 Å². The molecule has 2 saturated heterocycles. The van der Waals surface area contributed by atoms with Crippen molar-refractivity contribution >= 4 is 11.8 Å². The molecule has 0 bridgehead atoms. The molecular weight excluding hydrogens is 286 g/mol. The van der Waals surface area contributed by atoms with Gasteiger partial charge in [-0.1, -0.05) is 19.3 Å². The normalized spacial score (nSPS) is 29.5. The van der Waals surface area contributed by atoms with Crippen LogP contribution in [0.25, 0.3) is 0 Å². The third-order valence-electron chi connectivity index (χ3n) is 6.04. The van der Waals surface area contributed by atoms with Gasteiger partial charge in [-0.25, -0.2) is 4.98 Å². The topological polar surface area (TPSA) is 53.1 Å². The Balaban J connectivity index is 1.40. The lowest BCUT2D eigenvalue weighted by atomic mass is 9.85. The van der Waals surface area contributed by atoms with Gasteiger partial charge in [-0.3, -0.25) is 0 Å². The fraction of sp³-hybridized carbons (Fsp3) is 0.778. The van der Waals surface area contributed by atoms with Crippen LogP contribution in [0.5, 0.6) is 0 Å². The smallest absolute Gasteiger partial charge is 0.224 e. The zero-order chi connectivity index (χ0) is 15.6. The van der Waals surface area contributed by atoms with Gasteiger partial charge in [0, 0.05) is 31.4 Å². The molecule has 0 amide bonds. The van der Waals surface area contributed by atoms with Crippen molar-refractivity contribution in [1.29, 1.82) is 0 Å². The minimum absolute atomic E-state index is 0.463. The lowest BCUT2D eigenvalue weighted by Crippen LogP contribution is -2.31. The van der Waals surface area contributed by atoms with Gasteiger partial charge in [0.2, 0.25) is 5.95 Å². The molecule has 2 N–H and O–H groups in total. The molecule has 23 heavy (non-hydrogen) atoms. The van der Waals surface area contributed by atoms with Crippen LogP contribution in [0.2, 0.25) is 0 Å². The van der Waals surface area contributed by atoms with Crippen molar-refractivity contribution in [3.63, 3.8) is 0 Å². The summed E-state index contributed by atoms with van der Waals surface area (Å²) in [7, 11) is 0. The molecule has 3 atom stereocenters. The van der Waals surface area contributed by atoms with E-state index in [-0.39, 0.29) is 0 Å². The Kier molecular flexibility index (Phi) is 4.38. The van der Waals surface area contributed by atoms with E-state index in [0.29, 0.717) is 12.1 Å². The summed E-state index contributed by atoms with van der Waals surface area (Å²) < 4.78 is 0. The summed E-state index contributed by atoms with van der Waals surface area (Å²) >= 11 is 0. The van der Waals surface area contributed by atoms with Gasteiger partial charge in [0.15, 0.2) is 0 Å². The first-order chi connectivity index (χ1) is 11.3. The average Bonchev–Trinajstić information content (AvgIpc) is 3.17. The number of hydrogen-bond acceptors (Lipinski definition) is 5. The fourth-order valence-corrected chi connectivity index (χ4v) is 4.59. The second-order valence-corrected chi connectivity index (χ2v) is 7.58. The SMILES string of the molecule is C[C@@H](Nc1nccc(N2C[C@H]3CCN[C@H]3C2)n1)C1CCCCC1. The number of nitrogens with one attached hydrogen (secondary N) is 2. The summed E-state index contributed by atoms with van der Waals surface area (Å²) in [4.78, 5) is 11.7. The Labute approximate surface area is 139 Å². The quantitative estimate of drug-likeness (QED) is 0.894. The molecule has 1 aromatic heterocycles. The van der Waals surface area contributed by atoms with Crippen LogP contribution < -0.4 is 15.5 Å². The van der Waals surface area contributed by atoms with E-state index < -0.39 is 0 Å². The van der Waals surface area contributed by atoms with Crippen molar-refractivity contribution in [2.24, 2.45) is 11.8 Å². The van der Waals surface area contributed by atoms with Crippen LogP contribution in [0.4, 0.5) is 11.8 Å². The number of nitrogens with zero attached hydrogens (tertiary/aromatic N) is 3. The minimum Gasteiger partial charge on any atom is -0.355 e. The Morgan fingerprint density at radius 1 is 1.22 bits per heavy atom. The van der Waals surface area contributed by atoms with Gasteiger partial charge in [0.25, 0.3) is 0 Å². The fourth-order valence-electron chi connectivity index (χ4n) is 4.59. The Morgan fingerprint density at radius 2 is 2.09 bits per heavy atom. The van der Waals surface area contributed by atoms with Crippen LogP contribution in [-0.2, 0) is 0 Å². The second kappa shape index (κ2) is 6.63. The predicted octanol–water partition coefficient (Wildman–Crippen LogP) is 2.66. The van der Waals surface area contributed by atoms with E-state index in [1.807, 2.05) is 6.20 Å². The summed E-state index contributed by atoms with van der Waals surface area (Å²) in [5, 5.41) is 7.17. The van der Waals surface area contributed by atoms with E-state index >= 15 is 0 Å². The van der Waals surface area contributed by atoms with E-state index in [1.54, 1.807) is 0 Å². The minimum atomic E-state index is 0.463. The molecule has 0 spiro atoms. The molecule has 0 aromatic carbocycles. The highest BCUT2D eigenvalue weighted by molar-refractivity contribution is 5.44. The standard InChI is InChI=1S/C18H29N5/c1-13(14-5-3-2-4-6-14)21-18-20-10-8-17(22-18)23-11-15-7-9-19-16(15)12-23/h8,10,13-16,19H,2-7,9,11-12H2,1H3,(H,20,21,22)/t13-,15-,16+/m1/s1. The molecule has 3 aliphatic rings. The number of aromatic nitrogens is 2. The second-order valence-electron chi connectivity index (χ2n) is 7.58. The first kappa shape index (κ1) is 15.2. The molecule has 5 nitrogen and oxygen atoms in total. The molecular formula is C18H29N5. The maximum atomic E-state index is 4.79. The van der Waals surface area contributed by atoms with E-state index in [2.05, 4.69) is 33.5 Å². The molecule has 3 fully saturated rings. The monoisotopic (exact) mass is 315 g/mol. The van der Waals surface area contributed by atoms with E-state index in [9.17, 15) is 0 Å². The van der Waals surface area contributed by atoms with Crippen LogP contribution >= 0.6 is 0 Å². The van der Waals surface area contributed by atoms with Crippen LogP contribution in [0.15, 0.2) is 12.3 Å². The van der Waals surface area contributed by atoms with Crippen molar-refractivity contribution < 1.29 is 0 Å². The molecule has 1 aromatic rings. The van der Waals surface area contributed by atoms with E-state index in [1.165, 1.54) is 45.1 Å². The molecule has 3 heterocycles. The lowest BCUT2D eigenvalue weighted by molar-refractivity contribution is 0.327. The first-order valence-corrected chi connectivity index (χ1v) is 9.37. The third kappa shape index (κ3) is 3.30. The zero-order valence-electron chi connectivity index (χ0n) is 14.2. The van der Waals surface area contributed by atoms with Crippen molar-refractivity contribution in [1.82, 2.24) is 15.3 Å². The van der Waals surface area contributed by atoms with E-state index in [4.69, 9.17) is 4.98 Å². The van der Waals surface area contributed by atoms with Gasteiger partial charge in [-0.15, -0.1) is 0 Å². The molecule has 0 radical (unpaired) electrons. The number of rotatable bonds is 4. The molecule has 126 valence electrons. The highest BCUT2D eigenvalue weighted by Crippen LogP contribution is 2.29. The van der Waals surface area contributed by atoms with Gasteiger partial charge in [0.05, 0.1) is 0 Å². The van der Waals surface area contributed by atoms with Crippen molar-refractivity contribution in [3.05, 3.63) is 12.3 Å². The number of anilines is 2. The zero-order valence-corrected chi connectivity index (χ0v) is 14.2. The summed E-state index contributed by atoms with van der Waals surface area (Å²) in [6, 6.07) is 3.17. The summed E-state index contributed by atoms with van der Waals surface area (Å²) in [6.07, 6.45) is 10.0. The highest BCUT2D eigenvalue weighted by atomic mass is 15.3. The molecule has 4 rings (SSSR count). The molecule has 2 aliphatic heterocycles. The highest BCUT2D eigenvalue weighted by Gasteiger charge is 2.36. The first-order valence-electron chi connectivity index (χ1n) is 9.37. The van der Waals surface area contributed by atoms with Gasteiger partial charge in [0.1, 0.15) is 5.82 Å². The van der Waals surface area contributed by atoms with Gasteiger partial charge >= 0.3 is 0 Å². The number of hydrogen-bond donors (Lipinski definition) is 2. The average molecular weight is 315 g/mol. The number of fused-ring (bicyclic) bond motifs is 1. The molecule has 1 aliphatic carbocycles. The maximum Gasteiger partial charge on any atom is 0.224 e. The largest absolute Gasteiger partial charge is 0.355 e. The summed E-state index contributed by atoms with van der Waals surface area (Å²) in [6.45, 7) is 5.68. The Hall–Kier alpha value is -1.36. The molecule has 5 heteroatoms. The Bertz CT molecular complexity index is 516. The van der Waals surface area contributed by atoms with Crippen LogP contribution in [-0.4, -0.2) is 41.7 Å². The summed E-state index contributed by atoms with van der Waals surface area (Å²) in [5.74, 6) is 3.44. The van der Waals surface area contributed by atoms with E-state index in [0.717, 1.165) is 36.7 Å².